The van der Waals surface area contributed by atoms with Crippen molar-refractivity contribution in [2.24, 2.45) is 0 Å². The Morgan fingerprint density at radius 3 is 2.81 bits per heavy atom. The Bertz CT molecular complexity index is 1110. The SMILES string of the molecule is C=CCOc1cccc(NS(=O)(=O)c2ccc3c(c2)sc(=O)n3CC)c1. The number of hydrogen-bond acceptors (Lipinski definition) is 5. The number of anilines is 1. The van der Waals surface area contributed by atoms with Crippen molar-refractivity contribution in [3.63, 3.8) is 0 Å². The number of hydrogen-bond donors (Lipinski definition) is 1. The van der Waals surface area contributed by atoms with Gasteiger partial charge in [0.15, 0.2) is 0 Å². The number of nitrogens with one attached hydrogen (secondary N) is 1. The van der Waals surface area contributed by atoms with Crippen LogP contribution >= 0.6 is 11.3 Å². The summed E-state index contributed by atoms with van der Waals surface area (Å²) in [6, 6.07) is 11.4. The summed E-state index contributed by atoms with van der Waals surface area (Å²) in [5, 5.41) is 0. The maximum Gasteiger partial charge on any atom is 0.308 e. The third-order valence-electron chi connectivity index (χ3n) is 3.72. The van der Waals surface area contributed by atoms with E-state index < -0.39 is 10.0 Å². The van der Waals surface area contributed by atoms with E-state index in [4.69, 9.17) is 4.74 Å². The van der Waals surface area contributed by atoms with Crippen LogP contribution in [0.25, 0.3) is 10.2 Å². The second-order valence-corrected chi connectivity index (χ2v) is 8.15. The molecule has 0 fully saturated rings. The van der Waals surface area contributed by atoms with Crippen molar-refractivity contribution in [2.45, 2.75) is 18.4 Å². The van der Waals surface area contributed by atoms with Crippen LogP contribution in [0.3, 0.4) is 0 Å². The lowest BCUT2D eigenvalue weighted by molar-refractivity contribution is 0.363. The predicted molar refractivity (Wildman–Crippen MR) is 105 cm³/mol. The third kappa shape index (κ3) is 3.66. The van der Waals surface area contributed by atoms with Gasteiger partial charge in [0.25, 0.3) is 10.0 Å². The van der Waals surface area contributed by atoms with Crippen LogP contribution in [0.15, 0.2) is 64.8 Å². The van der Waals surface area contributed by atoms with E-state index in [2.05, 4.69) is 11.3 Å². The first-order chi connectivity index (χ1) is 12.4. The fraction of sp³-hybridized carbons (Fsp3) is 0.167. The van der Waals surface area contributed by atoms with Crippen molar-refractivity contribution in [3.8, 4) is 5.75 Å². The average Bonchev–Trinajstić information content (AvgIpc) is 2.94. The molecular weight excluding hydrogens is 372 g/mol. The zero-order valence-electron chi connectivity index (χ0n) is 14.1. The monoisotopic (exact) mass is 390 g/mol. The molecule has 2 aromatic carbocycles. The molecule has 0 saturated carbocycles. The molecule has 0 spiro atoms. The van der Waals surface area contributed by atoms with E-state index in [1.54, 1.807) is 41.0 Å². The van der Waals surface area contributed by atoms with Crippen LogP contribution < -0.4 is 14.3 Å². The van der Waals surface area contributed by atoms with Gasteiger partial charge in [0.05, 0.1) is 20.8 Å². The first-order valence-corrected chi connectivity index (χ1v) is 10.2. The Balaban J connectivity index is 1.92. The van der Waals surface area contributed by atoms with Crippen LogP contribution in [-0.4, -0.2) is 19.6 Å². The fourth-order valence-electron chi connectivity index (χ4n) is 2.53. The van der Waals surface area contributed by atoms with Gasteiger partial charge < -0.3 is 4.74 Å². The Labute approximate surface area is 155 Å². The second kappa shape index (κ2) is 7.35. The molecule has 0 radical (unpaired) electrons. The summed E-state index contributed by atoms with van der Waals surface area (Å²) < 4.78 is 35.6. The number of aryl methyl sites for hydroxylation is 1. The lowest BCUT2D eigenvalue weighted by atomic mass is 10.3. The summed E-state index contributed by atoms with van der Waals surface area (Å²) in [7, 11) is -3.78. The highest BCUT2D eigenvalue weighted by atomic mass is 32.2. The molecule has 0 aliphatic carbocycles. The number of thiazole rings is 1. The summed E-state index contributed by atoms with van der Waals surface area (Å²) in [6.07, 6.45) is 1.61. The van der Waals surface area contributed by atoms with E-state index in [1.165, 1.54) is 12.1 Å². The molecule has 0 saturated heterocycles. The molecule has 1 aromatic heterocycles. The molecule has 1 N–H and O–H groups in total. The highest BCUT2D eigenvalue weighted by molar-refractivity contribution is 7.92. The molecule has 136 valence electrons. The number of rotatable bonds is 7. The largest absolute Gasteiger partial charge is 0.489 e. The van der Waals surface area contributed by atoms with Gasteiger partial charge in [-0.3, -0.25) is 14.1 Å². The molecule has 0 bridgehead atoms. The molecule has 3 aromatic rings. The molecule has 0 atom stereocenters. The standard InChI is InChI=1S/C18H18N2O4S2/c1-3-10-24-14-7-5-6-13(11-14)19-26(22,23)15-8-9-16-17(12-15)25-18(21)20(16)4-2/h3,5-9,11-12,19H,1,4,10H2,2H3. The Morgan fingerprint density at radius 2 is 2.08 bits per heavy atom. The number of benzene rings is 2. The second-order valence-electron chi connectivity index (χ2n) is 5.47. The van der Waals surface area contributed by atoms with Crippen LogP contribution in [0, 0.1) is 0 Å². The molecule has 6 nitrogen and oxygen atoms in total. The quantitative estimate of drug-likeness (QED) is 0.627. The van der Waals surface area contributed by atoms with Crippen LogP contribution in [0.4, 0.5) is 5.69 Å². The molecule has 0 aliphatic rings. The van der Waals surface area contributed by atoms with Crippen LogP contribution in [-0.2, 0) is 16.6 Å². The molecular formula is C18H18N2O4S2. The van der Waals surface area contributed by atoms with E-state index >= 15 is 0 Å². The third-order valence-corrected chi connectivity index (χ3v) is 6.04. The van der Waals surface area contributed by atoms with E-state index in [9.17, 15) is 13.2 Å². The zero-order chi connectivity index (χ0) is 18.7. The highest BCUT2D eigenvalue weighted by Crippen LogP contribution is 2.25. The molecule has 1 heterocycles. The summed E-state index contributed by atoms with van der Waals surface area (Å²) in [4.78, 5) is 11.9. The first-order valence-electron chi connectivity index (χ1n) is 7.94. The zero-order valence-corrected chi connectivity index (χ0v) is 15.8. The van der Waals surface area contributed by atoms with Crippen molar-refractivity contribution >= 4 is 37.3 Å². The van der Waals surface area contributed by atoms with Gasteiger partial charge in [0.2, 0.25) is 0 Å². The maximum absolute atomic E-state index is 12.7. The average molecular weight is 390 g/mol. The van der Waals surface area contributed by atoms with Crippen LogP contribution in [0.5, 0.6) is 5.75 Å². The lowest BCUT2D eigenvalue weighted by Crippen LogP contribution is -2.13. The molecule has 0 aliphatic heterocycles. The van der Waals surface area contributed by atoms with E-state index in [0.717, 1.165) is 16.9 Å². The number of nitrogens with zero attached hydrogens (tertiary/aromatic N) is 1. The van der Waals surface area contributed by atoms with E-state index in [0.29, 0.717) is 29.3 Å². The van der Waals surface area contributed by atoms with Crippen molar-refractivity contribution in [2.75, 3.05) is 11.3 Å². The van der Waals surface area contributed by atoms with Gasteiger partial charge in [-0.15, -0.1) is 0 Å². The molecule has 0 amide bonds. The summed E-state index contributed by atoms with van der Waals surface area (Å²) >= 11 is 1.04. The molecule has 26 heavy (non-hydrogen) atoms. The molecule has 8 heteroatoms. The predicted octanol–water partition coefficient (Wildman–Crippen LogP) is 3.45. The van der Waals surface area contributed by atoms with E-state index in [1.807, 2.05) is 6.92 Å². The molecule has 3 rings (SSSR count). The van der Waals surface area contributed by atoms with Gasteiger partial charge in [-0.2, -0.15) is 0 Å². The van der Waals surface area contributed by atoms with Crippen LogP contribution in [0.2, 0.25) is 0 Å². The van der Waals surface area contributed by atoms with Crippen molar-refractivity contribution in [1.29, 1.82) is 0 Å². The number of aromatic nitrogens is 1. The van der Waals surface area contributed by atoms with Gasteiger partial charge >= 0.3 is 4.87 Å². The minimum Gasteiger partial charge on any atom is -0.489 e. The Kier molecular flexibility index (Phi) is 5.15. The maximum atomic E-state index is 12.7. The Hall–Kier alpha value is -2.58. The van der Waals surface area contributed by atoms with Gasteiger partial charge in [-0.05, 0) is 37.3 Å². The minimum atomic E-state index is -3.78. The first kappa shape index (κ1) is 18.2. The van der Waals surface area contributed by atoms with Crippen LogP contribution in [0.1, 0.15) is 6.92 Å². The van der Waals surface area contributed by atoms with Crippen molar-refractivity contribution < 1.29 is 13.2 Å². The number of sulfonamides is 1. The topological polar surface area (TPSA) is 77.4 Å². The van der Waals surface area contributed by atoms with Gasteiger partial charge in [0.1, 0.15) is 12.4 Å². The van der Waals surface area contributed by atoms with Crippen molar-refractivity contribution in [1.82, 2.24) is 4.57 Å². The van der Waals surface area contributed by atoms with E-state index in [-0.39, 0.29) is 9.77 Å². The normalized spacial score (nSPS) is 11.4. The van der Waals surface area contributed by atoms with Gasteiger partial charge in [-0.1, -0.05) is 30.1 Å². The lowest BCUT2D eigenvalue weighted by Gasteiger charge is -2.10. The Morgan fingerprint density at radius 1 is 1.27 bits per heavy atom. The smallest absolute Gasteiger partial charge is 0.308 e. The fourth-order valence-corrected chi connectivity index (χ4v) is 4.68. The summed E-state index contributed by atoms with van der Waals surface area (Å²) in [5.74, 6) is 0.541. The van der Waals surface area contributed by atoms with Gasteiger partial charge in [-0.25, -0.2) is 8.42 Å². The number of ether oxygens (including phenoxy) is 1. The van der Waals surface area contributed by atoms with Crippen molar-refractivity contribution in [3.05, 3.63) is 64.8 Å². The summed E-state index contributed by atoms with van der Waals surface area (Å²) in [5.41, 5.74) is 1.13. The highest BCUT2D eigenvalue weighted by Gasteiger charge is 2.17. The number of fused-ring (bicyclic) bond motifs is 1. The summed E-state index contributed by atoms with van der Waals surface area (Å²) in [6.45, 7) is 6.33. The molecule has 0 unspecified atom stereocenters. The van der Waals surface area contributed by atoms with Gasteiger partial charge in [0, 0.05) is 12.6 Å². The minimum absolute atomic E-state index is 0.0999.